The van der Waals surface area contributed by atoms with E-state index in [9.17, 15) is 9.90 Å². The van der Waals surface area contributed by atoms with E-state index in [4.69, 9.17) is 4.74 Å². The molecule has 1 aliphatic rings. The second kappa shape index (κ2) is 11.8. The molecular weight excluding hydrogens is 386 g/mol. The molecule has 4 nitrogen and oxygen atoms in total. The van der Waals surface area contributed by atoms with Gasteiger partial charge in [0.25, 0.3) is 0 Å². The zero-order valence-corrected chi connectivity index (χ0v) is 17.7. The number of benzene rings is 2. The Bertz CT molecular complexity index is 807. The van der Waals surface area contributed by atoms with E-state index in [1.807, 2.05) is 6.07 Å². The lowest BCUT2D eigenvalue weighted by atomic mass is 9.94. The van der Waals surface area contributed by atoms with Gasteiger partial charge in [0.2, 0.25) is 0 Å². The molecule has 1 saturated heterocycles. The van der Waals surface area contributed by atoms with Crippen LogP contribution in [0.4, 0.5) is 0 Å². The average Bonchev–Trinajstić information content (AvgIpc) is 2.72. The maximum Gasteiger partial charge on any atom is 0.312 e. The normalized spacial score (nSPS) is 19.4. The van der Waals surface area contributed by atoms with Gasteiger partial charge in [-0.1, -0.05) is 60.7 Å². The molecule has 0 bridgehead atoms. The van der Waals surface area contributed by atoms with E-state index in [0.29, 0.717) is 19.8 Å². The van der Waals surface area contributed by atoms with E-state index < -0.39 is 5.97 Å². The Morgan fingerprint density at radius 2 is 1.90 bits per heavy atom. The van der Waals surface area contributed by atoms with Crippen molar-refractivity contribution in [3.8, 4) is 0 Å². The third-order valence-electron chi connectivity index (χ3n) is 5.49. The molecule has 3 rings (SSSR count). The number of aryl methyl sites for hydroxylation is 1. The summed E-state index contributed by atoms with van der Waals surface area (Å²) < 4.78 is 5.90. The Morgan fingerprint density at radius 3 is 2.62 bits per heavy atom. The zero-order valence-electron chi connectivity index (χ0n) is 16.9. The molecule has 5 heteroatoms. The summed E-state index contributed by atoms with van der Waals surface area (Å²) in [5.74, 6) is -0.860. The summed E-state index contributed by atoms with van der Waals surface area (Å²) in [6, 6.07) is 18.8. The highest BCUT2D eigenvalue weighted by molar-refractivity contribution is 5.81. The Morgan fingerprint density at radius 1 is 1.17 bits per heavy atom. The highest BCUT2D eigenvalue weighted by Crippen LogP contribution is 2.25. The SMILES string of the molecule is Cc1ccccc1/C(=C/COCC[NH+]1CCCC(C(=O)O)C1)c1ccccc1.[Cl-]. The van der Waals surface area contributed by atoms with Gasteiger partial charge in [0.15, 0.2) is 0 Å². The number of aliphatic carboxylic acids is 1. The van der Waals surface area contributed by atoms with Crippen molar-refractivity contribution >= 4 is 11.5 Å². The molecule has 156 valence electrons. The van der Waals surface area contributed by atoms with Gasteiger partial charge in [-0.2, -0.15) is 0 Å². The predicted molar refractivity (Wildman–Crippen MR) is 111 cm³/mol. The second-order valence-electron chi connectivity index (χ2n) is 7.51. The van der Waals surface area contributed by atoms with Gasteiger partial charge in [-0.05, 0) is 42.0 Å². The molecule has 1 fully saturated rings. The van der Waals surface area contributed by atoms with Gasteiger partial charge in [0.05, 0.1) is 26.3 Å². The Labute approximate surface area is 179 Å². The summed E-state index contributed by atoms with van der Waals surface area (Å²) in [5, 5.41) is 9.21. The number of carboxylic acid groups (broad SMARTS) is 1. The van der Waals surface area contributed by atoms with E-state index in [-0.39, 0.29) is 18.3 Å². The van der Waals surface area contributed by atoms with E-state index in [1.165, 1.54) is 27.2 Å². The van der Waals surface area contributed by atoms with Crippen LogP contribution in [0.25, 0.3) is 5.57 Å². The molecule has 2 unspecified atom stereocenters. The lowest BCUT2D eigenvalue weighted by Gasteiger charge is -2.27. The molecule has 2 aromatic rings. The van der Waals surface area contributed by atoms with Crippen molar-refractivity contribution in [2.75, 3.05) is 32.8 Å². The zero-order chi connectivity index (χ0) is 19.8. The van der Waals surface area contributed by atoms with Crippen LogP contribution in [-0.2, 0) is 9.53 Å². The number of likely N-dealkylation sites (tertiary alicyclic amines) is 1. The molecular formula is C24H30ClNO3. The van der Waals surface area contributed by atoms with E-state index >= 15 is 0 Å². The highest BCUT2D eigenvalue weighted by Gasteiger charge is 2.27. The highest BCUT2D eigenvalue weighted by atomic mass is 35.5. The fourth-order valence-corrected chi connectivity index (χ4v) is 3.91. The first-order valence-corrected chi connectivity index (χ1v) is 10.1. The molecule has 0 saturated carbocycles. The molecule has 2 N–H and O–H groups in total. The van der Waals surface area contributed by atoms with E-state index in [2.05, 4.69) is 61.5 Å². The fraction of sp³-hybridized carbons (Fsp3) is 0.375. The Kier molecular flexibility index (Phi) is 9.39. The maximum atomic E-state index is 11.2. The third-order valence-corrected chi connectivity index (χ3v) is 5.49. The van der Waals surface area contributed by atoms with Crippen LogP contribution < -0.4 is 17.3 Å². The number of nitrogens with one attached hydrogen (secondary N) is 1. The van der Waals surface area contributed by atoms with Crippen LogP contribution in [0.5, 0.6) is 0 Å². The minimum Gasteiger partial charge on any atom is -1.00 e. The Balaban J connectivity index is 0.00000300. The van der Waals surface area contributed by atoms with Crippen LogP contribution in [0.2, 0.25) is 0 Å². The van der Waals surface area contributed by atoms with Gasteiger partial charge in [-0.3, -0.25) is 4.79 Å². The fourth-order valence-electron chi connectivity index (χ4n) is 3.91. The summed E-state index contributed by atoms with van der Waals surface area (Å²) in [4.78, 5) is 12.5. The summed E-state index contributed by atoms with van der Waals surface area (Å²) >= 11 is 0. The van der Waals surface area contributed by atoms with Gasteiger partial charge < -0.3 is 27.2 Å². The summed E-state index contributed by atoms with van der Waals surface area (Å²) in [5.41, 5.74) is 4.85. The number of hydrogen-bond acceptors (Lipinski definition) is 2. The van der Waals surface area contributed by atoms with Crippen molar-refractivity contribution in [1.82, 2.24) is 0 Å². The number of hydrogen-bond donors (Lipinski definition) is 2. The third kappa shape index (κ3) is 6.70. The smallest absolute Gasteiger partial charge is 0.312 e. The van der Waals surface area contributed by atoms with Crippen LogP contribution in [0.3, 0.4) is 0 Å². The molecule has 1 aliphatic heterocycles. The van der Waals surface area contributed by atoms with Crippen LogP contribution in [0, 0.1) is 12.8 Å². The molecule has 2 atom stereocenters. The van der Waals surface area contributed by atoms with Crippen molar-refractivity contribution in [1.29, 1.82) is 0 Å². The van der Waals surface area contributed by atoms with Gasteiger partial charge in [0, 0.05) is 0 Å². The van der Waals surface area contributed by atoms with Crippen LogP contribution >= 0.6 is 0 Å². The van der Waals surface area contributed by atoms with Crippen LogP contribution in [0.15, 0.2) is 60.7 Å². The maximum absolute atomic E-state index is 11.2. The summed E-state index contributed by atoms with van der Waals surface area (Å²) in [7, 11) is 0. The van der Waals surface area contributed by atoms with Gasteiger partial charge in [0.1, 0.15) is 12.5 Å². The molecule has 1 heterocycles. The number of carboxylic acids is 1. The predicted octanol–water partition coefficient (Wildman–Crippen LogP) is -0.173. The van der Waals surface area contributed by atoms with Gasteiger partial charge >= 0.3 is 5.97 Å². The number of carbonyl (C=O) groups is 1. The van der Waals surface area contributed by atoms with Crippen molar-refractivity contribution in [2.24, 2.45) is 5.92 Å². The molecule has 0 radical (unpaired) electrons. The van der Waals surface area contributed by atoms with Crippen molar-refractivity contribution < 1.29 is 31.9 Å². The number of rotatable bonds is 8. The van der Waals surface area contributed by atoms with E-state index in [0.717, 1.165) is 25.9 Å². The van der Waals surface area contributed by atoms with Crippen LogP contribution in [-0.4, -0.2) is 43.9 Å². The monoisotopic (exact) mass is 415 g/mol. The number of halogens is 1. The molecule has 0 amide bonds. The topological polar surface area (TPSA) is 51.0 Å². The minimum absolute atomic E-state index is 0. The van der Waals surface area contributed by atoms with Crippen molar-refractivity contribution in [2.45, 2.75) is 19.8 Å². The van der Waals surface area contributed by atoms with Gasteiger partial charge in [-0.25, -0.2) is 0 Å². The molecule has 2 aromatic carbocycles. The van der Waals surface area contributed by atoms with Gasteiger partial charge in [-0.15, -0.1) is 0 Å². The van der Waals surface area contributed by atoms with Crippen molar-refractivity contribution in [3.63, 3.8) is 0 Å². The first-order valence-electron chi connectivity index (χ1n) is 10.1. The molecule has 0 aliphatic carbocycles. The van der Waals surface area contributed by atoms with Crippen molar-refractivity contribution in [3.05, 3.63) is 77.4 Å². The first-order chi connectivity index (χ1) is 13.6. The number of piperidine rings is 1. The molecule has 0 aromatic heterocycles. The summed E-state index contributed by atoms with van der Waals surface area (Å²) in [6.45, 7) is 5.95. The number of quaternary nitrogens is 1. The minimum atomic E-state index is -0.660. The quantitative estimate of drug-likeness (QED) is 0.588. The lowest BCUT2D eigenvalue weighted by molar-refractivity contribution is -0.907. The van der Waals surface area contributed by atoms with Crippen LogP contribution in [0.1, 0.15) is 29.5 Å². The standard InChI is InChI=1S/C24H29NO3.ClH/c1-19-8-5-6-12-22(19)23(20-9-3-2-4-10-20)13-16-28-17-15-25-14-7-11-21(18-25)24(26)27;/h2-6,8-10,12-13,21H,7,11,14-18H2,1H3,(H,26,27);1H/b23-13+;. The summed E-state index contributed by atoms with van der Waals surface area (Å²) in [6.07, 6.45) is 3.94. The number of ether oxygens (including phenoxy) is 1. The first kappa shape index (κ1) is 23.1. The lowest BCUT2D eigenvalue weighted by Crippen LogP contribution is -3.14. The second-order valence-corrected chi connectivity index (χ2v) is 7.51. The average molecular weight is 416 g/mol. The molecule has 0 spiro atoms. The van der Waals surface area contributed by atoms with E-state index in [1.54, 1.807) is 0 Å². The Hall–Kier alpha value is -2.14. The largest absolute Gasteiger partial charge is 1.00 e. The molecule has 29 heavy (non-hydrogen) atoms.